The van der Waals surface area contributed by atoms with Crippen molar-refractivity contribution in [1.29, 1.82) is 0 Å². The Morgan fingerprint density at radius 3 is 2.00 bits per heavy atom. The second kappa shape index (κ2) is 8.96. The predicted molar refractivity (Wildman–Crippen MR) is 111 cm³/mol. The molecule has 0 radical (unpaired) electrons. The lowest BCUT2D eigenvalue weighted by Gasteiger charge is -2.17. The number of ether oxygens (including phenoxy) is 2. The molecule has 0 saturated carbocycles. The van der Waals surface area contributed by atoms with E-state index in [-0.39, 0.29) is 28.0 Å². The summed E-state index contributed by atoms with van der Waals surface area (Å²) in [7, 11) is 3.09. The normalized spacial score (nSPS) is 10.8. The van der Waals surface area contributed by atoms with Crippen LogP contribution in [-0.4, -0.2) is 37.0 Å². The minimum Gasteiger partial charge on any atom is -0.423 e. The van der Waals surface area contributed by atoms with Crippen molar-refractivity contribution in [1.82, 2.24) is 4.90 Å². The van der Waals surface area contributed by atoms with Gasteiger partial charge in [0.15, 0.2) is 0 Å². The molecule has 0 spiro atoms. The fraction of sp³-hybridized carbons (Fsp3) is 0.286. The van der Waals surface area contributed by atoms with Crippen LogP contribution in [0.1, 0.15) is 31.1 Å². The number of carbonyl (C=O) groups excluding carboxylic acids is 3. The lowest BCUT2D eigenvalue weighted by molar-refractivity contribution is -0.123. The highest BCUT2D eigenvalue weighted by atomic mass is 35.5. The molecule has 154 valence electrons. The maximum absolute atomic E-state index is 12.4. The van der Waals surface area contributed by atoms with Gasteiger partial charge in [0.2, 0.25) is 5.91 Å². The number of hydrogen-bond donors (Lipinski definition) is 1. The average Bonchev–Trinajstić information content (AvgIpc) is 2.60. The van der Waals surface area contributed by atoms with Crippen molar-refractivity contribution < 1.29 is 23.9 Å². The Morgan fingerprint density at radius 2 is 1.48 bits per heavy atom. The molecule has 0 aliphatic heterocycles. The first-order chi connectivity index (χ1) is 13.5. The lowest BCUT2D eigenvalue weighted by atomic mass is 9.95. The third kappa shape index (κ3) is 6.50. The van der Waals surface area contributed by atoms with Gasteiger partial charge in [0.25, 0.3) is 0 Å². The van der Waals surface area contributed by atoms with Crippen molar-refractivity contribution in [2.45, 2.75) is 20.8 Å². The van der Waals surface area contributed by atoms with Crippen LogP contribution in [0.4, 0.5) is 10.5 Å². The van der Waals surface area contributed by atoms with E-state index in [1.807, 2.05) is 20.8 Å². The van der Waals surface area contributed by atoms with Crippen molar-refractivity contribution in [3.05, 3.63) is 53.1 Å². The largest absolute Gasteiger partial charge is 0.423 e. The molecular weight excluding hydrogens is 396 g/mol. The summed E-state index contributed by atoms with van der Waals surface area (Å²) in [5.74, 6) is -0.467. The molecule has 7 nitrogen and oxygen atoms in total. The highest BCUT2D eigenvalue weighted by molar-refractivity contribution is 6.30. The fourth-order valence-electron chi connectivity index (χ4n) is 2.02. The van der Waals surface area contributed by atoms with Gasteiger partial charge >= 0.3 is 12.1 Å². The Balaban J connectivity index is 2.09. The van der Waals surface area contributed by atoms with Crippen molar-refractivity contribution >= 4 is 35.3 Å². The Bertz CT molecular complexity index is 918. The minimum absolute atomic E-state index is 0.133. The molecular formula is C21H23ClN2O5. The number of anilines is 1. The van der Waals surface area contributed by atoms with Crippen LogP contribution in [0.25, 0.3) is 0 Å². The van der Waals surface area contributed by atoms with Crippen LogP contribution in [0.5, 0.6) is 11.5 Å². The first-order valence-corrected chi connectivity index (χ1v) is 9.17. The number of carbonyl (C=O) groups is 3. The zero-order valence-corrected chi connectivity index (χ0v) is 17.7. The van der Waals surface area contributed by atoms with Crippen molar-refractivity contribution in [3.63, 3.8) is 0 Å². The van der Waals surface area contributed by atoms with Gasteiger partial charge in [-0.15, -0.1) is 0 Å². The van der Waals surface area contributed by atoms with Crippen LogP contribution in [-0.2, 0) is 4.79 Å². The third-order valence-corrected chi connectivity index (χ3v) is 3.90. The van der Waals surface area contributed by atoms with Crippen molar-refractivity contribution in [3.8, 4) is 11.5 Å². The molecule has 0 saturated heterocycles. The number of nitrogens with one attached hydrogen (secondary N) is 1. The van der Waals surface area contributed by atoms with Gasteiger partial charge < -0.3 is 19.7 Å². The smallest absolute Gasteiger partial charge is 0.414 e. The van der Waals surface area contributed by atoms with Gasteiger partial charge in [0.05, 0.1) is 5.56 Å². The number of amides is 2. The first-order valence-electron chi connectivity index (χ1n) is 8.79. The van der Waals surface area contributed by atoms with Crippen LogP contribution in [0.15, 0.2) is 42.5 Å². The van der Waals surface area contributed by atoms with Crippen LogP contribution in [0.3, 0.4) is 0 Å². The van der Waals surface area contributed by atoms with E-state index in [2.05, 4.69) is 5.32 Å². The second-order valence-corrected chi connectivity index (χ2v) is 7.99. The third-order valence-electron chi connectivity index (χ3n) is 3.69. The van der Waals surface area contributed by atoms with Crippen molar-refractivity contribution in [2.75, 3.05) is 19.4 Å². The Kier molecular flexibility index (Phi) is 6.87. The Labute approximate surface area is 174 Å². The summed E-state index contributed by atoms with van der Waals surface area (Å²) in [5.41, 5.74) is 0.324. The number of benzene rings is 2. The molecule has 0 bridgehead atoms. The Morgan fingerprint density at radius 1 is 0.931 bits per heavy atom. The maximum Gasteiger partial charge on any atom is 0.414 e. The first kappa shape index (κ1) is 22.2. The highest BCUT2D eigenvalue weighted by Gasteiger charge is 2.21. The van der Waals surface area contributed by atoms with Gasteiger partial charge in [0, 0.05) is 36.3 Å². The van der Waals surface area contributed by atoms with E-state index < -0.39 is 17.5 Å². The van der Waals surface area contributed by atoms with Crippen LogP contribution >= 0.6 is 11.6 Å². The van der Waals surface area contributed by atoms with Gasteiger partial charge in [-0.05, 0) is 36.4 Å². The topological polar surface area (TPSA) is 84.9 Å². The molecule has 2 aromatic rings. The zero-order chi connectivity index (χ0) is 21.8. The van der Waals surface area contributed by atoms with Gasteiger partial charge in [-0.1, -0.05) is 32.4 Å². The molecule has 2 aromatic carbocycles. The summed E-state index contributed by atoms with van der Waals surface area (Å²) in [6.07, 6.45) is -0.586. The molecule has 1 N–H and O–H groups in total. The fourth-order valence-corrected chi connectivity index (χ4v) is 2.24. The number of nitrogens with zero attached hydrogens (tertiary/aromatic N) is 1. The summed E-state index contributed by atoms with van der Waals surface area (Å²) < 4.78 is 10.5. The maximum atomic E-state index is 12.4. The minimum atomic E-state index is -0.620. The number of hydrogen-bond acceptors (Lipinski definition) is 5. The van der Waals surface area contributed by atoms with Crippen LogP contribution in [0, 0.1) is 5.41 Å². The molecule has 0 aliphatic rings. The van der Waals surface area contributed by atoms with Crippen LogP contribution < -0.4 is 14.8 Å². The summed E-state index contributed by atoms with van der Waals surface area (Å²) >= 11 is 6.01. The summed E-state index contributed by atoms with van der Waals surface area (Å²) in [5, 5.41) is 3.03. The van der Waals surface area contributed by atoms with E-state index in [1.165, 1.54) is 35.2 Å². The molecule has 0 unspecified atom stereocenters. The van der Waals surface area contributed by atoms with Gasteiger partial charge in [-0.3, -0.25) is 4.79 Å². The molecule has 0 fully saturated rings. The van der Waals surface area contributed by atoms with E-state index in [0.717, 1.165) is 0 Å². The molecule has 8 heteroatoms. The standard InChI is InChI=1S/C21H23ClN2O5/c1-21(2,3)19(26)23-15-8-6-13(7-9-15)18(25)28-16-10-14(22)11-17(12-16)29-20(27)24(4)5/h6-12H,1-5H3,(H,23,26). The molecule has 2 amide bonds. The van der Waals surface area contributed by atoms with E-state index in [1.54, 1.807) is 26.2 Å². The molecule has 0 aliphatic carbocycles. The average molecular weight is 419 g/mol. The molecule has 0 aromatic heterocycles. The number of esters is 1. The molecule has 2 rings (SSSR count). The molecule has 29 heavy (non-hydrogen) atoms. The summed E-state index contributed by atoms with van der Waals surface area (Å²) in [6.45, 7) is 5.43. The highest BCUT2D eigenvalue weighted by Crippen LogP contribution is 2.27. The quantitative estimate of drug-likeness (QED) is 0.579. The van der Waals surface area contributed by atoms with Crippen molar-refractivity contribution in [2.24, 2.45) is 5.41 Å². The second-order valence-electron chi connectivity index (χ2n) is 7.56. The molecule has 0 heterocycles. The van der Waals surface area contributed by atoms with Gasteiger partial charge in [-0.2, -0.15) is 0 Å². The van der Waals surface area contributed by atoms with E-state index in [0.29, 0.717) is 5.69 Å². The molecule has 0 atom stereocenters. The Hall–Kier alpha value is -3.06. The van der Waals surface area contributed by atoms with Gasteiger partial charge in [-0.25, -0.2) is 9.59 Å². The zero-order valence-electron chi connectivity index (χ0n) is 16.9. The van der Waals surface area contributed by atoms with E-state index in [4.69, 9.17) is 21.1 Å². The SMILES string of the molecule is CN(C)C(=O)Oc1cc(Cl)cc(OC(=O)c2ccc(NC(=O)C(C)(C)C)cc2)c1. The number of halogens is 1. The van der Waals surface area contributed by atoms with E-state index >= 15 is 0 Å². The summed E-state index contributed by atoms with van der Waals surface area (Å²) in [4.78, 5) is 37.3. The summed E-state index contributed by atoms with van der Waals surface area (Å²) in [6, 6.07) is 10.6. The van der Waals surface area contributed by atoms with Crippen LogP contribution in [0.2, 0.25) is 5.02 Å². The van der Waals surface area contributed by atoms with E-state index in [9.17, 15) is 14.4 Å². The van der Waals surface area contributed by atoms with Gasteiger partial charge in [0.1, 0.15) is 11.5 Å². The number of rotatable bonds is 4. The monoisotopic (exact) mass is 418 g/mol. The predicted octanol–water partition coefficient (Wildman–Crippen LogP) is 4.60. The lowest BCUT2D eigenvalue weighted by Crippen LogP contribution is -2.27.